The van der Waals surface area contributed by atoms with Crippen LogP contribution in [0.3, 0.4) is 0 Å². The molecule has 15 heteroatoms. The lowest BCUT2D eigenvalue weighted by atomic mass is 10.1. The van der Waals surface area contributed by atoms with Crippen molar-refractivity contribution >= 4 is 55.7 Å². The van der Waals surface area contributed by atoms with Crippen molar-refractivity contribution in [2.75, 3.05) is 40.7 Å². The molecule has 3 aromatic carbocycles. The average molecular weight is 671 g/mol. The summed E-state index contributed by atoms with van der Waals surface area (Å²) < 4.78 is 57.1. The van der Waals surface area contributed by atoms with E-state index in [9.17, 15) is 32.1 Å². The number of aromatic nitrogens is 2. The molecular formula is C32H33F3N6O5S. The fourth-order valence-corrected chi connectivity index (χ4v) is 5.51. The molecule has 0 aliphatic heterocycles. The molecule has 0 bridgehead atoms. The van der Waals surface area contributed by atoms with Crippen molar-refractivity contribution in [2.24, 2.45) is 0 Å². The fourth-order valence-electron chi connectivity index (χ4n) is 4.23. The minimum absolute atomic E-state index is 0.0152. The summed E-state index contributed by atoms with van der Waals surface area (Å²) in [7, 11) is -2.84. The van der Waals surface area contributed by atoms with Gasteiger partial charge in [-0.05, 0) is 67.9 Å². The molecule has 0 fully saturated rings. The third-order valence-electron chi connectivity index (χ3n) is 6.51. The summed E-state index contributed by atoms with van der Waals surface area (Å²) in [5.74, 6) is -0.0913. The van der Waals surface area contributed by atoms with Gasteiger partial charge in [-0.15, -0.1) is 0 Å². The van der Waals surface area contributed by atoms with Crippen molar-refractivity contribution < 1.29 is 36.8 Å². The number of esters is 1. The van der Waals surface area contributed by atoms with Crippen LogP contribution in [-0.4, -0.2) is 62.2 Å². The topological polar surface area (TPSA) is 155 Å². The maximum atomic E-state index is 13.2. The van der Waals surface area contributed by atoms with Crippen molar-refractivity contribution in [3.05, 3.63) is 84.6 Å². The van der Waals surface area contributed by atoms with Crippen LogP contribution in [0.15, 0.2) is 83.9 Å². The van der Waals surface area contributed by atoms with Gasteiger partial charge in [-0.1, -0.05) is 24.3 Å². The number of ether oxygens (including phenoxy) is 1. The zero-order chi connectivity index (χ0) is 34.2. The highest BCUT2D eigenvalue weighted by molar-refractivity contribution is 8.01. The Hall–Kier alpha value is -5.15. The number of halogens is 3. The Bertz CT molecular complexity index is 1860. The molecule has 4 rings (SSSR count). The van der Waals surface area contributed by atoms with Gasteiger partial charge in [0.05, 0.1) is 24.1 Å². The van der Waals surface area contributed by atoms with Gasteiger partial charge in [0.25, 0.3) is 0 Å². The van der Waals surface area contributed by atoms with Gasteiger partial charge in [0.1, 0.15) is 5.82 Å². The third kappa shape index (κ3) is 9.67. The Morgan fingerprint density at radius 3 is 2.36 bits per heavy atom. The minimum atomic E-state index is -4.54. The number of anilines is 5. The molecular weight excluding hydrogens is 637 g/mol. The highest BCUT2D eigenvalue weighted by Gasteiger charge is 2.30. The van der Waals surface area contributed by atoms with Crippen LogP contribution < -0.4 is 21.3 Å². The van der Waals surface area contributed by atoms with Crippen LogP contribution in [-0.2, 0) is 25.2 Å². The highest BCUT2D eigenvalue weighted by Crippen LogP contribution is 2.31. The van der Waals surface area contributed by atoms with E-state index in [2.05, 4.69) is 31.2 Å². The van der Waals surface area contributed by atoms with Crippen molar-refractivity contribution in [1.82, 2.24) is 9.97 Å². The Balaban J connectivity index is 1.52. The summed E-state index contributed by atoms with van der Waals surface area (Å²) in [4.78, 5) is 33.7. The highest BCUT2D eigenvalue weighted by atomic mass is 32.2. The first kappa shape index (κ1) is 34.7. The Morgan fingerprint density at radius 1 is 1.00 bits per heavy atom. The number of aliphatic hydroxyl groups excluding tert-OH is 1. The van der Waals surface area contributed by atoms with Crippen LogP contribution in [0.4, 0.5) is 46.8 Å². The van der Waals surface area contributed by atoms with Crippen LogP contribution >= 0.6 is 0 Å². The van der Waals surface area contributed by atoms with Crippen molar-refractivity contribution in [1.29, 1.82) is 0 Å². The van der Waals surface area contributed by atoms with Gasteiger partial charge >= 0.3 is 18.2 Å². The average Bonchev–Trinajstić information content (AvgIpc) is 3.01. The van der Waals surface area contributed by atoms with Crippen LogP contribution in [0.5, 0.6) is 0 Å². The number of alkyl halides is 3. The van der Waals surface area contributed by atoms with Crippen molar-refractivity contribution in [3.8, 4) is 11.1 Å². The van der Waals surface area contributed by atoms with Crippen LogP contribution in [0.1, 0.15) is 19.4 Å². The van der Waals surface area contributed by atoms with Crippen LogP contribution in [0.25, 0.3) is 11.1 Å². The standard InChI is InChI=1S/C32H33F3N6O5S/c1-4-46-28(43)19-47(3,45)26-10-6-9-25(16-26)38-30-36-17-27(29(41-30)37-20(2)18-42)21-11-13-23(14-12-21)39-31(44)40-24-8-5-7-22(15-24)32(33,34)35/h5-17,19-20,42H,4,18H2,1-3H3,(H2,39,40,44)(H2,36,37,38,41)/t20-,47?/m1/s1. The van der Waals surface area contributed by atoms with Crippen molar-refractivity contribution in [2.45, 2.75) is 31.0 Å². The van der Waals surface area contributed by atoms with E-state index in [1.54, 1.807) is 68.6 Å². The predicted octanol–water partition coefficient (Wildman–Crippen LogP) is 5.98. The smallest absolute Gasteiger partial charge is 0.416 e. The van der Waals surface area contributed by atoms with Gasteiger partial charge in [0.15, 0.2) is 0 Å². The van der Waals surface area contributed by atoms with E-state index in [1.807, 2.05) is 0 Å². The molecule has 0 saturated heterocycles. The molecule has 5 N–H and O–H groups in total. The fraction of sp³-hybridized carbons (Fsp3) is 0.219. The second-order valence-electron chi connectivity index (χ2n) is 10.3. The summed E-state index contributed by atoms with van der Waals surface area (Å²) in [6.07, 6.45) is -1.54. The van der Waals surface area contributed by atoms with E-state index in [0.717, 1.165) is 17.5 Å². The van der Waals surface area contributed by atoms with E-state index in [4.69, 9.17) is 4.74 Å². The normalized spacial score (nSPS) is 13.1. The Kier molecular flexibility index (Phi) is 11.1. The van der Waals surface area contributed by atoms with E-state index in [0.29, 0.717) is 33.2 Å². The second kappa shape index (κ2) is 15.0. The molecule has 4 aromatic rings. The Labute approximate surface area is 269 Å². The van der Waals surface area contributed by atoms with E-state index < -0.39 is 33.3 Å². The number of urea groups is 1. The number of hydrogen-bond donors (Lipinski definition) is 5. The number of nitrogens with one attached hydrogen (secondary N) is 4. The zero-order valence-corrected chi connectivity index (χ0v) is 26.4. The number of nitrogens with zero attached hydrogens (tertiary/aromatic N) is 2. The van der Waals surface area contributed by atoms with Gasteiger partial charge in [-0.25, -0.2) is 14.6 Å². The molecule has 11 nitrogen and oxygen atoms in total. The molecule has 0 spiro atoms. The molecule has 1 unspecified atom stereocenters. The van der Waals surface area contributed by atoms with Gasteiger partial charge in [0, 0.05) is 55.5 Å². The molecule has 0 aliphatic carbocycles. The Morgan fingerprint density at radius 2 is 1.68 bits per heavy atom. The van der Waals surface area contributed by atoms with Gasteiger partial charge in [-0.2, -0.15) is 18.2 Å². The molecule has 248 valence electrons. The second-order valence-corrected chi connectivity index (χ2v) is 12.9. The number of hydrogen-bond acceptors (Lipinski definition) is 9. The molecule has 2 atom stereocenters. The molecule has 2 amide bonds. The monoisotopic (exact) mass is 670 g/mol. The zero-order valence-electron chi connectivity index (χ0n) is 25.6. The van der Waals surface area contributed by atoms with E-state index in [1.165, 1.54) is 18.4 Å². The van der Waals surface area contributed by atoms with Crippen molar-refractivity contribution in [3.63, 3.8) is 0 Å². The lowest BCUT2D eigenvalue weighted by Gasteiger charge is -2.17. The number of rotatable bonds is 11. The first-order valence-electron chi connectivity index (χ1n) is 14.3. The first-order valence-corrected chi connectivity index (χ1v) is 16.3. The minimum Gasteiger partial charge on any atom is -0.462 e. The molecule has 47 heavy (non-hydrogen) atoms. The maximum Gasteiger partial charge on any atom is 0.416 e. The molecule has 1 aromatic heterocycles. The van der Waals surface area contributed by atoms with Gasteiger partial charge in [0.2, 0.25) is 5.95 Å². The molecule has 0 saturated carbocycles. The lowest BCUT2D eigenvalue weighted by Crippen LogP contribution is -2.21. The van der Waals surface area contributed by atoms with E-state index in [-0.39, 0.29) is 30.9 Å². The lowest BCUT2D eigenvalue weighted by molar-refractivity contribution is -0.137. The summed E-state index contributed by atoms with van der Waals surface area (Å²) >= 11 is 0. The van der Waals surface area contributed by atoms with Gasteiger partial charge < -0.3 is 31.1 Å². The first-order chi connectivity index (χ1) is 22.3. The van der Waals surface area contributed by atoms with Gasteiger partial charge in [-0.3, -0.25) is 4.21 Å². The molecule has 0 radical (unpaired) electrons. The number of carbonyl (C=O) groups excluding carboxylic acids is 2. The number of aliphatic hydroxyl groups is 1. The SMILES string of the molecule is CCOC(=O)C=S(C)(=O)c1cccc(Nc2ncc(-c3ccc(NC(=O)Nc4cccc(C(F)(F)F)c4)cc3)c(N[C@H](C)CO)n2)c1. The number of benzene rings is 3. The number of amides is 2. The quantitative estimate of drug-likeness (QED) is 0.0958. The molecule has 0 aliphatic rings. The maximum absolute atomic E-state index is 13.2. The van der Waals surface area contributed by atoms with Crippen LogP contribution in [0.2, 0.25) is 0 Å². The summed E-state index contributed by atoms with van der Waals surface area (Å²) in [5, 5.41) is 21.9. The molecule has 1 heterocycles. The summed E-state index contributed by atoms with van der Waals surface area (Å²) in [6, 6.07) is 16.5. The summed E-state index contributed by atoms with van der Waals surface area (Å²) in [5.41, 5.74) is 1.23. The number of carbonyl (C=O) groups is 2. The largest absolute Gasteiger partial charge is 0.462 e. The van der Waals surface area contributed by atoms with Crippen LogP contribution in [0, 0.1) is 0 Å². The summed E-state index contributed by atoms with van der Waals surface area (Å²) in [6.45, 7) is 3.40. The van der Waals surface area contributed by atoms with E-state index >= 15 is 0 Å². The predicted molar refractivity (Wildman–Crippen MR) is 176 cm³/mol. The third-order valence-corrected chi connectivity index (χ3v) is 8.35.